The molecule has 4 heteroatoms. The van der Waals surface area contributed by atoms with E-state index < -0.39 is 0 Å². The maximum atomic E-state index is 11.3. The van der Waals surface area contributed by atoms with Crippen LogP contribution < -0.4 is 10.1 Å². The first-order chi connectivity index (χ1) is 8.52. The first kappa shape index (κ1) is 14.5. The molecule has 0 amide bonds. The van der Waals surface area contributed by atoms with Crippen LogP contribution in [0, 0.1) is 0 Å². The standard InChI is InChI=1S/C14H21NO3/c1-10(2)18-14(16)9-17-13-7-5-12(6-8-13)11(3)15-4/h5-8,10-11,15H,9H2,1-4H3. The smallest absolute Gasteiger partial charge is 0.344 e. The zero-order chi connectivity index (χ0) is 13.5. The van der Waals surface area contributed by atoms with Gasteiger partial charge < -0.3 is 14.8 Å². The van der Waals surface area contributed by atoms with E-state index in [1.54, 1.807) is 0 Å². The van der Waals surface area contributed by atoms with Gasteiger partial charge in [0.05, 0.1) is 6.10 Å². The predicted molar refractivity (Wildman–Crippen MR) is 70.6 cm³/mol. The molecule has 0 aromatic heterocycles. The van der Waals surface area contributed by atoms with E-state index in [1.165, 1.54) is 5.56 Å². The van der Waals surface area contributed by atoms with Crippen LogP contribution in [0.1, 0.15) is 32.4 Å². The molecule has 0 aliphatic heterocycles. The molecular weight excluding hydrogens is 230 g/mol. The van der Waals surface area contributed by atoms with E-state index in [4.69, 9.17) is 9.47 Å². The fraction of sp³-hybridized carbons (Fsp3) is 0.500. The van der Waals surface area contributed by atoms with Gasteiger partial charge in [0.1, 0.15) is 5.75 Å². The number of rotatable bonds is 6. The highest BCUT2D eigenvalue weighted by Gasteiger charge is 2.07. The molecule has 1 aromatic rings. The lowest BCUT2D eigenvalue weighted by atomic mass is 10.1. The van der Waals surface area contributed by atoms with Crippen molar-refractivity contribution in [3.05, 3.63) is 29.8 Å². The van der Waals surface area contributed by atoms with Crippen LogP contribution in [0.4, 0.5) is 0 Å². The highest BCUT2D eigenvalue weighted by molar-refractivity contribution is 5.71. The quantitative estimate of drug-likeness (QED) is 0.788. The number of esters is 1. The lowest BCUT2D eigenvalue weighted by Crippen LogP contribution is -2.18. The molecule has 0 bridgehead atoms. The summed E-state index contributed by atoms with van der Waals surface area (Å²) in [6, 6.07) is 7.96. The summed E-state index contributed by atoms with van der Waals surface area (Å²) < 4.78 is 10.3. The third-order valence-electron chi connectivity index (χ3n) is 2.54. The van der Waals surface area contributed by atoms with Gasteiger partial charge in [0.25, 0.3) is 0 Å². The van der Waals surface area contributed by atoms with E-state index in [0.29, 0.717) is 11.8 Å². The number of carbonyl (C=O) groups is 1. The van der Waals surface area contributed by atoms with Gasteiger partial charge in [0, 0.05) is 6.04 Å². The highest BCUT2D eigenvalue weighted by atomic mass is 16.6. The van der Waals surface area contributed by atoms with E-state index >= 15 is 0 Å². The molecule has 1 aromatic carbocycles. The number of hydrogen-bond acceptors (Lipinski definition) is 4. The molecule has 0 saturated carbocycles. The third-order valence-corrected chi connectivity index (χ3v) is 2.54. The van der Waals surface area contributed by atoms with Gasteiger partial charge in [-0.3, -0.25) is 0 Å². The Morgan fingerprint density at radius 3 is 2.33 bits per heavy atom. The molecule has 0 radical (unpaired) electrons. The number of carbonyl (C=O) groups excluding carboxylic acids is 1. The van der Waals surface area contributed by atoms with Gasteiger partial charge in [-0.15, -0.1) is 0 Å². The lowest BCUT2D eigenvalue weighted by Gasteiger charge is -2.12. The molecule has 0 heterocycles. The van der Waals surface area contributed by atoms with Crippen LogP contribution in [0.2, 0.25) is 0 Å². The van der Waals surface area contributed by atoms with Crippen LogP contribution in [-0.2, 0) is 9.53 Å². The number of benzene rings is 1. The Morgan fingerprint density at radius 1 is 1.22 bits per heavy atom. The van der Waals surface area contributed by atoms with Crippen molar-refractivity contribution < 1.29 is 14.3 Å². The van der Waals surface area contributed by atoms with Gasteiger partial charge in [-0.1, -0.05) is 12.1 Å². The first-order valence-corrected chi connectivity index (χ1v) is 6.12. The van der Waals surface area contributed by atoms with Crippen molar-refractivity contribution in [2.24, 2.45) is 0 Å². The third kappa shape index (κ3) is 4.75. The Balaban J connectivity index is 2.46. The highest BCUT2D eigenvalue weighted by Crippen LogP contribution is 2.17. The van der Waals surface area contributed by atoms with E-state index in [2.05, 4.69) is 12.2 Å². The van der Waals surface area contributed by atoms with Crippen LogP contribution in [0.15, 0.2) is 24.3 Å². The summed E-state index contributed by atoms with van der Waals surface area (Å²) in [7, 11) is 1.91. The van der Waals surface area contributed by atoms with E-state index in [1.807, 2.05) is 45.2 Å². The molecule has 1 atom stereocenters. The zero-order valence-electron chi connectivity index (χ0n) is 11.4. The Morgan fingerprint density at radius 2 is 1.83 bits per heavy atom. The molecule has 1 rings (SSSR count). The van der Waals surface area contributed by atoms with Gasteiger partial charge >= 0.3 is 5.97 Å². The molecule has 4 nitrogen and oxygen atoms in total. The number of nitrogens with one attached hydrogen (secondary N) is 1. The van der Waals surface area contributed by atoms with Crippen molar-refractivity contribution >= 4 is 5.97 Å². The maximum Gasteiger partial charge on any atom is 0.344 e. The van der Waals surface area contributed by atoms with Crippen LogP contribution in [0.3, 0.4) is 0 Å². The molecule has 0 fully saturated rings. The molecule has 100 valence electrons. The molecule has 18 heavy (non-hydrogen) atoms. The number of hydrogen-bond donors (Lipinski definition) is 1. The fourth-order valence-corrected chi connectivity index (χ4v) is 1.46. The lowest BCUT2D eigenvalue weighted by molar-refractivity contribution is -0.149. The predicted octanol–water partition coefficient (Wildman–Crippen LogP) is 2.30. The van der Waals surface area contributed by atoms with Gasteiger partial charge in [0.15, 0.2) is 6.61 Å². The molecular formula is C14H21NO3. The van der Waals surface area contributed by atoms with Crippen LogP contribution in [0.5, 0.6) is 5.75 Å². The van der Waals surface area contributed by atoms with Crippen molar-refractivity contribution in [3.63, 3.8) is 0 Å². The topological polar surface area (TPSA) is 47.6 Å². The molecule has 0 spiro atoms. The summed E-state index contributed by atoms with van der Waals surface area (Å²) in [4.78, 5) is 11.3. The van der Waals surface area contributed by atoms with Crippen LogP contribution in [0.25, 0.3) is 0 Å². The Kier molecular flexibility index (Phi) is 5.65. The van der Waals surface area contributed by atoms with Crippen molar-refractivity contribution in [1.29, 1.82) is 0 Å². The molecule has 1 unspecified atom stereocenters. The number of ether oxygens (including phenoxy) is 2. The second-order valence-corrected chi connectivity index (χ2v) is 4.41. The minimum Gasteiger partial charge on any atom is -0.482 e. The van der Waals surface area contributed by atoms with E-state index in [0.717, 1.165) is 0 Å². The second kappa shape index (κ2) is 7.01. The van der Waals surface area contributed by atoms with Crippen molar-refractivity contribution in [1.82, 2.24) is 5.32 Å². The monoisotopic (exact) mass is 251 g/mol. The summed E-state index contributed by atoms with van der Waals surface area (Å²) in [5.41, 5.74) is 1.18. The minimum atomic E-state index is -0.349. The Labute approximate surface area is 108 Å². The summed E-state index contributed by atoms with van der Waals surface area (Å²) in [6.45, 7) is 5.65. The Bertz CT molecular complexity index is 373. The summed E-state index contributed by atoms with van der Waals surface area (Å²) in [6.07, 6.45) is -0.111. The average Bonchev–Trinajstić information content (AvgIpc) is 2.35. The fourth-order valence-electron chi connectivity index (χ4n) is 1.46. The summed E-state index contributed by atoms with van der Waals surface area (Å²) in [5.74, 6) is 0.320. The van der Waals surface area contributed by atoms with Gasteiger partial charge in [-0.25, -0.2) is 4.79 Å². The zero-order valence-corrected chi connectivity index (χ0v) is 11.4. The average molecular weight is 251 g/mol. The molecule has 0 saturated heterocycles. The largest absolute Gasteiger partial charge is 0.482 e. The van der Waals surface area contributed by atoms with Crippen molar-refractivity contribution in [3.8, 4) is 5.75 Å². The molecule has 0 aliphatic rings. The van der Waals surface area contributed by atoms with E-state index in [-0.39, 0.29) is 18.7 Å². The minimum absolute atomic E-state index is 0.0564. The summed E-state index contributed by atoms with van der Waals surface area (Å²) >= 11 is 0. The van der Waals surface area contributed by atoms with Gasteiger partial charge in [0.2, 0.25) is 0 Å². The maximum absolute atomic E-state index is 11.3. The van der Waals surface area contributed by atoms with Crippen LogP contribution in [-0.4, -0.2) is 25.7 Å². The first-order valence-electron chi connectivity index (χ1n) is 6.12. The molecule has 1 N–H and O–H groups in total. The normalized spacial score (nSPS) is 12.3. The molecule has 0 aliphatic carbocycles. The Hall–Kier alpha value is -1.55. The SMILES string of the molecule is CNC(C)c1ccc(OCC(=O)OC(C)C)cc1. The summed E-state index contributed by atoms with van der Waals surface area (Å²) in [5, 5.41) is 3.16. The van der Waals surface area contributed by atoms with Gasteiger partial charge in [-0.05, 0) is 45.5 Å². The van der Waals surface area contributed by atoms with Crippen LogP contribution >= 0.6 is 0 Å². The van der Waals surface area contributed by atoms with Gasteiger partial charge in [-0.2, -0.15) is 0 Å². The van der Waals surface area contributed by atoms with Crippen molar-refractivity contribution in [2.45, 2.75) is 32.9 Å². The second-order valence-electron chi connectivity index (χ2n) is 4.41. The van der Waals surface area contributed by atoms with E-state index in [9.17, 15) is 4.79 Å². The van der Waals surface area contributed by atoms with Crippen molar-refractivity contribution in [2.75, 3.05) is 13.7 Å².